The lowest BCUT2D eigenvalue weighted by Crippen LogP contribution is -2.09. The Morgan fingerprint density at radius 2 is 2.43 bits per heavy atom. The van der Waals surface area contributed by atoms with Crippen molar-refractivity contribution in [2.24, 2.45) is 0 Å². The molecule has 0 aliphatic carbocycles. The van der Waals surface area contributed by atoms with Crippen LogP contribution in [0.2, 0.25) is 0 Å². The number of nitrogens with zero attached hydrogens (tertiary/aromatic N) is 2. The van der Waals surface area contributed by atoms with E-state index in [0.29, 0.717) is 6.54 Å². The molecule has 0 spiro atoms. The minimum Gasteiger partial charge on any atom is -0.291 e. The molecule has 0 amide bonds. The van der Waals surface area contributed by atoms with Gasteiger partial charge in [0.2, 0.25) is 0 Å². The third kappa shape index (κ3) is 2.10. The van der Waals surface area contributed by atoms with E-state index in [1.54, 1.807) is 23.1 Å². The molecule has 2 aromatic heterocycles. The van der Waals surface area contributed by atoms with Crippen molar-refractivity contribution in [1.29, 1.82) is 0 Å². The number of halogens is 1. The van der Waals surface area contributed by atoms with Gasteiger partial charge >= 0.3 is 0 Å². The molecule has 0 saturated heterocycles. The van der Waals surface area contributed by atoms with E-state index in [0.717, 1.165) is 8.66 Å². The minimum absolute atomic E-state index is 0.0874. The summed E-state index contributed by atoms with van der Waals surface area (Å²) in [6, 6.07) is 5.50. The van der Waals surface area contributed by atoms with E-state index < -0.39 is 0 Å². The molecule has 5 heteroatoms. The molecule has 2 rings (SSSR count). The van der Waals surface area contributed by atoms with Crippen molar-refractivity contribution < 1.29 is 4.79 Å². The van der Waals surface area contributed by atoms with Crippen LogP contribution < -0.4 is 0 Å². The molecule has 0 aliphatic rings. The van der Waals surface area contributed by atoms with Crippen LogP contribution in [0.3, 0.4) is 0 Å². The highest BCUT2D eigenvalue weighted by atomic mass is 79.9. The molecule has 0 radical (unpaired) electrons. The van der Waals surface area contributed by atoms with Crippen LogP contribution in [0.5, 0.6) is 0 Å². The molecule has 0 fully saturated rings. The highest BCUT2D eigenvalue weighted by Crippen LogP contribution is 2.22. The summed E-state index contributed by atoms with van der Waals surface area (Å²) >= 11 is 4.77. The second-order valence-electron chi connectivity index (χ2n) is 2.73. The maximum absolute atomic E-state index is 11.7. The molecular formula is C9H7BrN2OS. The Hall–Kier alpha value is -0.940. The van der Waals surface area contributed by atoms with Crippen molar-refractivity contribution in [2.75, 3.05) is 0 Å². The number of Topliss-reactive ketones (excluding diaryl/α,β-unsaturated/α-hetero) is 1. The number of hydrogen-bond acceptors (Lipinski definition) is 3. The topological polar surface area (TPSA) is 34.9 Å². The zero-order chi connectivity index (χ0) is 9.97. The van der Waals surface area contributed by atoms with Crippen molar-refractivity contribution in [2.45, 2.75) is 6.54 Å². The summed E-state index contributed by atoms with van der Waals surface area (Å²) in [4.78, 5) is 12.4. The van der Waals surface area contributed by atoms with Crippen LogP contribution in [-0.2, 0) is 6.54 Å². The number of thiophene rings is 1. The molecule has 0 aromatic carbocycles. The van der Waals surface area contributed by atoms with Crippen LogP contribution in [0.1, 0.15) is 9.67 Å². The van der Waals surface area contributed by atoms with Gasteiger partial charge in [0.25, 0.3) is 0 Å². The SMILES string of the molecule is O=C(Cn1cccn1)c1ccc(Br)s1. The van der Waals surface area contributed by atoms with Gasteiger partial charge in [0.15, 0.2) is 5.78 Å². The standard InChI is InChI=1S/C9H7BrN2OS/c10-9-3-2-8(14-9)7(13)6-12-5-1-4-11-12/h1-5H,6H2. The zero-order valence-corrected chi connectivity index (χ0v) is 9.59. The van der Waals surface area contributed by atoms with Gasteiger partial charge in [-0.05, 0) is 34.1 Å². The van der Waals surface area contributed by atoms with Gasteiger partial charge < -0.3 is 0 Å². The van der Waals surface area contributed by atoms with Gasteiger partial charge in [-0.15, -0.1) is 11.3 Å². The average molecular weight is 271 g/mol. The van der Waals surface area contributed by atoms with Crippen molar-refractivity contribution in [3.8, 4) is 0 Å². The van der Waals surface area contributed by atoms with Gasteiger partial charge in [0, 0.05) is 12.4 Å². The van der Waals surface area contributed by atoms with E-state index in [-0.39, 0.29) is 5.78 Å². The highest BCUT2D eigenvalue weighted by molar-refractivity contribution is 9.11. The molecule has 14 heavy (non-hydrogen) atoms. The third-order valence-corrected chi connectivity index (χ3v) is 3.38. The Morgan fingerprint density at radius 1 is 1.57 bits per heavy atom. The number of ketones is 1. The second kappa shape index (κ2) is 4.06. The molecule has 3 nitrogen and oxygen atoms in total. The van der Waals surface area contributed by atoms with Gasteiger partial charge in [-0.1, -0.05) is 0 Å². The molecule has 0 saturated carbocycles. The van der Waals surface area contributed by atoms with E-state index in [2.05, 4.69) is 21.0 Å². The Morgan fingerprint density at radius 3 is 3.00 bits per heavy atom. The van der Waals surface area contributed by atoms with E-state index in [4.69, 9.17) is 0 Å². The zero-order valence-electron chi connectivity index (χ0n) is 7.18. The minimum atomic E-state index is 0.0874. The van der Waals surface area contributed by atoms with Crippen LogP contribution >= 0.6 is 27.3 Å². The fourth-order valence-corrected chi connectivity index (χ4v) is 2.40. The average Bonchev–Trinajstić information content (AvgIpc) is 2.75. The number of carbonyl (C=O) groups excluding carboxylic acids is 1. The van der Waals surface area contributed by atoms with Crippen molar-refractivity contribution in [3.63, 3.8) is 0 Å². The number of rotatable bonds is 3. The summed E-state index contributed by atoms with van der Waals surface area (Å²) in [7, 11) is 0. The van der Waals surface area contributed by atoms with Gasteiger partial charge in [0.05, 0.1) is 8.66 Å². The van der Waals surface area contributed by atoms with E-state index in [1.807, 2.05) is 12.1 Å². The Kier molecular flexibility index (Phi) is 2.79. The van der Waals surface area contributed by atoms with Gasteiger partial charge in [0.1, 0.15) is 6.54 Å². The first-order valence-electron chi connectivity index (χ1n) is 4.01. The summed E-state index contributed by atoms with van der Waals surface area (Å²) in [6.07, 6.45) is 3.44. The Balaban J connectivity index is 2.10. The number of carbonyl (C=O) groups is 1. The quantitative estimate of drug-likeness (QED) is 0.804. The lowest BCUT2D eigenvalue weighted by atomic mass is 10.3. The Bertz CT molecular complexity index is 435. The molecule has 2 heterocycles. The molecule has 0 bridgehead atoms. The van der Waals surface area contributed by atoms with E-state index in [1.165, 1.54) is 11.3 Å². The summed E-state index contributed by atoms with van der Waals surface area (Å²) in [5.74, 6) is 0.0874. The molecular weight excluding hydrogens is 264 g/mol. The second-order valence-corrected chi connectivity index (χ2v) is 5.19. The van der Waals surface area contributed by atoms with Crippen LogP contribution in [0.4, 0.5) is 0 Å². The number of aromatic nitrogens is 2. The van der Waals surface area contributed by atoms with Crippen LogP contribution in [0, 0.1) is 0 Å². The summed E-state index contributed by atoms with van der Waals surface area (Å²) in [5.41, 5.74) is 0. The number of hydrogen-bond donors (Lipinski definition) is 0. The largest absolute Gasteiger partial charge is 0.291 e. The molecule has 72 valence electrons. The Labute approximate surface area is 93.5 Å². The maximum Gasteiger partial charge on any atom is 0.194 e. The van der Waals surface area contributed by atoms with Crippen LogP contribution in [-0.4, -0.2) is 15.6 Å². The van der Waals surface area contributed by atoms with Gasteiger partial charge in [-0.3, -0.25) is 9.48 Å². The highest BCUT2D eigenvalue weighted by Gasteiger charge is 2.08. The molecule has 0 N–H and O–H groups in total. The smallest absolute Gasteiger partial charge is 0.194 e. The fraction of sp³-hybridized carbons (Fsp3) is 0.111. The molecule has 2 aromatic rings. The molecule has 0 unspecified atom stereocenters. The lowest BCUT2D eigenvalue weighted by molar-refractivity contribution is 0.0971. The normalized spacial score (nSPS) is 10.4. The molecule has 0 atom stereocenters. The summed E-state index contributed by atoms with van der Waals surface area (Å²) < 4.78 is 2.59. The van der Waals surface area contributed by atoms with E-state index >= 15 is 0 Å². The predicted molar refractivity (Wildman–Crippen MR) is 58.6 cm³/mol. The van der Waals surface area contributed by atoms with Crippen molar-refractivity contribution >= 4 is 33.0 Å². The maximum atomic E-state index is 11.7. The first-order chi connectivity index (χ1) is 6.75. The third-order valence-electron chi connectivity index (χ3n) is 1.71. The monoisotopic (exact) mass is 270 g/mol. The van der Waals surface area contributed by atoms with Crippen LogP contribution in [0.25, 0.3) is 0 Å². The van der Waals surface area contributed by atoms with Crippen LogP contribution in [0.15, 0.2) is 34.4 Å². The van der Waals surface area contributed by atoms with Gasteiger partial charge in [-0.25, -0.2) is 0 Å². The van der Waals surface area contributed by atoms with Crippen molar-refractivity contribution in [3.05, 3.63) is 39.3 Å². The first-order valence-corrected chi connectivity index (χ1v) is 5.62. The summed E-state index contributed by atoms with van der Waals surface area (Å²) in [6.45, 7) is 0.306. The fourth-order valence-electron chi connectivity index (χ4n) is 1.08. The molecule has 0 aliphatic heterocycles. The van der Waals surface area contributed by atoms with Crippen molar-refractivity contribution in [1.82, 2.24) is 9.78 Å². The summed E-state index contributed by atoms with van der Waals surface area (Å²) in [5, 5.41) is 3.98. The lowest BCUT2D eigenvalue weighted by Gasteiger charge is -1.97. The van der Waals surface area contributed by atoms with E-state index in [9.17, 15) is 4.79 Å². The first kappa shape index (κ1) is 9.61. The predicted octanol–water partition coefficient (Wildman–Crippen LogP) is 2.59. The van der Waals surface area contributed by atoms with Gasteiger partial charge in [-0.2, -0.15) is 5.10 Å².